The van der Waals surface area contributed by atoms with Gasteiger partial charge in [0.1, 0.15) is 12.1 Å². The topological polar surface area (TPSA) is 55.8 Å². The van der Waals surface area contributed by atoms with Crippen molar-refractivity contribution in [3.05, 3.63) is 0 Å². The first-order chi connectivity index (χ1) is 20.0. The molecule has 4 saturated carbocycles. The molecule has 6 nitrogen and oxygen atoms in total. The Bertz CT molecular complexity index is 1000. The molecule has 0 bridgehead atoms. The number of piperidine rings is 2. The zero-order chi connectivity index (χ0) is 29.9. The SMILES string of the molecule is CC(=O)O[C@H]1[C@@H]([N+]2(C)CCCCC2)C[C@H]2[C@@H]3CC[C@H]4C[C@H](OC(=O)C(C)C)[C@@H](N5CCCCC5)C[C@]4(C)[C@H]3CC[C@@]21C. The second kappa shape index (κ2) is 11.7. The van der Waals surface area contributed by atoms with Crippen molar-refractivity contribution in [2.75, 3.05) is 33.2 Å². The van der Waals surface area contributed by atoms with Crippen LogP contribution in [0.15, 0.2) is 0 Å². The van der Waals surface area contributed by atoms with Crippen LogP contribution in [0.25, 0.3) is 0 Å². The summed E-state index contributed by atoms with van der Waals surface area (Å²) in [6.45, 7) is 15.5. The first-order valence-corrected chi connectivity index (χ1v) is 17.9. The van der Waals surface area contributed by atoms with Crippen molar-refractivity contribution < 1.29 is 23.5 Å². The summed E-state index contributed by atoms with van der Waals surface area (Å²) >= 11 is 0. The molecule has 238 valence electrons. The predicted octanol–water partition coefficient (Wildman–Crippen LogP) is 6.60. The molecule has 2 aliphatic heterocycles. The highest BCUT2D eigenvalue weighted by molar-refractivity contribution is 5.71. The van der Waals surface area contributed by atoms with Crippen LogP contribution in [-0.4, -0.2) is 78.8 Å². The Morgan fingerprint density at radius 1 is 0.857 bits per heavy atom. The molecule has 0 aromatic heterocycles. The Labute approximate surface area is 256 Å². The lowest BCUT2D eigenvalue weighted by Crippen LogP contribution is -2.61. The fourth-order valence-corrected chi connectivity index (χ4v) is 11.8. The van der Waals surface area contributed by atoms with Crippen LogP contribution in [0.3, 0.4) is 0 Å². The number of quaternary nitrogens is 1. The Balaban J connectivity index is 1.28. The number of hydrogen-bond donors (Lipinski definition) is 0. The van der Waals surface area contributed by atoms with Crippen molar-refractivity contribution in [3.63, 3.8) is 0 Å². The van der Waals surface area contributed by atoms with E-state index in [1.54, 1.807) is 6.92 Å². The molecule has 6 heteroatoms. The zero-order valence-electron chi connectivity index (χ0n) is 27.7. The number of hydrogen-bond acceptors (Lipinski definition) is 5. The van der Waals surface area contributed by atoms with Gasteiger partial charge in [0.15, 0.2) is 6.10 Å². The fourth-order valence-electron chi connectivity index (χ4n) is 11.8. The van der Waals surface area contributed by atoms with Gasteiger partial charge < -0.3 is 14.0 Å². The lowest BCUT2D eigenvalue weighted by molar-refractivity contribution is -0.940. The number of fused-ring (bicyclic) bond motifs is 5. The Morgan fingerprint density at radius 2 is 1.55 bits per heavy atom. The number of rotatable bonds is 5. The summed E-state index contributed by atoms with van der Waals surface area (Å²) in [5, 5.41) is 0. The summed E-state index contributed by atoms with van der Waals surface area (Å²) in [4.78, 5) is 28.1. The van der Waals surface area contributed by atoms with E-state index >= 15 is 0 Å². The van der Waals surface area contributed by atoms with Crippen LogP contribution in [0, 0.1) is 40.4 Å². The highest BCUT2D eigenvalue weighted by Crippen LogP contribution is 2.67. The summed E-state index contributed by atoms with van der Waals surface area (Å²) in [5.41, 5.74) is 0.362. The van der Waals surface area contributed by atoms with Gasteiger partial charge in [0.25, 0.3) is 0 Å². The minimum atomic E-state index is -0.0908. The van der Waals surface area contributed by atoms with Gasteiger partial charge in [-0.1, -0.05) is 34.1 Å². The van der Waals surface area contributed by atoms with Crippen LogP contribution in [-0.2, 0) is 19.1 Å². The molecule has 0 unspecified atom stereocenters. The van der Waals surface area contributed by atoms with Crippen molar-refractivity contribution in [2.24, 2.45) is 40.4 Å². The highest BCUT2D eigenvalue weighted by Gasteiger charge is 2.67. The molecular formula is C36H61N2O4+. The zero-order valence-corrected chi connectivity index (χ0v) is 27.7. The van der Waals surface area contributed by atoms with Crippen LogP contribution in [0.2, 0.25) is 0 Å². The van der Waals surface area contributed by atoms with E-state index in [-0.39, 0.29) is 40.9 Å². The van der Waals surface area contributed by atoms with Crippen molar-refractivity contribution >= 4 is 11.9 Å². The number of carbonyl (C=O) groups excluding carboxylic acids is 2. The van der Waals surface area contributed by atoms with E-state index in [1.165, 1.54) is 90.1 Å². The third-order valence-corrected chi connectivity index (χ3v) is 14.1. The van der Waals surface area contributed by atoms with E-state index in [2.05, 4.69) is 25.8 Å². The summed E-state index contributed by atoms with van der Waals surface area (Å²) in [6.07, 6.45) is 16.3. The van der Waals surface area contributed by atoms with Gasteiger partial charge in [-0.05, 0) is 113 Å². The number of likely N-dealkylation sites (tertiary alicyclic amines) is 2. The molecule has 0 aromatic rings. The van der Waals surface area contributed by atoms with Gasteiger partial charge in [-0.2, -0.15) is 0 Å². The van der Waals surface area contributed by atoms with Crippen LogP contribution >= 0.6 is 0 Å². The molecule has 2 heterocycles. The molecule has 6 fully saturated rings. The van der Waals surface area contributed by atoms with E-state index in [0.717, 1.165) is 24.0 Å². The van der Waals surface area contributed by atoms with E-state index in [1.807, 2.05) is 13.8 Å². The van der Waals surface area contributed by atoms with E-state index in [4.69, 9.17) is 9.47 Å². The van der Waals surface area contributed by atoms with Crippen molar-refractivity contribution in [1.29, 1.82) is 0 Å². The van der Waals surface area contributed by atoms with Gasteiger partial charge in [0, 0.05) is 24.8 Å². The van der Waals surface area contributed by atoms with Crippen molar-refractivity contribution in [2.45, 2.75) is 142 Å². The Hall–Kier alpha value is -1.14. The molecular weight excluding hydrogens is 524 g/mol. The molecule has 6 aliphatic rings. The predicted molar refractivity (Wildman–Crippen MR) is 166 cm³/mol. The van der Waals surface area contributed by atoms with Gasteiger partial charge in [0.05, 0.1) is 26.1 Å². The van der Waals surface area contributed by atoms with Crippen LogP contribution in [0.5, 0.6) is 0 Å². The number of nitrogens with zero attached hydrogens (tertiary/aromatic N) is 2. The summed E-state index contributed by atoms with van der Waals surface area (Å²) < 4.78 is 13.8. The maximum atomic E-state index is 12.9. The normalized spacial score (nSPS) is 45.4. The summed E-state index contributed by atoms with van der Waals surface area (Å²) in [5.74, 6) is 2.50. The number of esters is 2. The number of carbonyl (C=O) groups is 2. The monoisotopic (exact) mass is 585 g/mol. The highest BCUT2D eigenvalue weighted by atomic mass is 16.5. The Morgan fingerprint density at radius 3 is 2.21 bits per heavy atom. The van der Waals surface area contributed by atoms with Crippen molar-refractivity contribution in [3.8, 4) is 0 Å². The van der Waals surface area contributed by atoms with Gasteiger partial charge in [0.2, 0.25) is 0 Å². The summed E-state index contributed by atoms with van der Waals surface area (Å²) in [6, 6.07) is 0.782. The maximum Gasteiger partial charge on any atom is 0.308 e. The van der Waals surface area contributed by atoms with Gasteiger partial charge in [-0.15, -0.1) is 0 Å². The van der Waals surface area contributed by atoms with Crippen LogP contribution in [0.4, 0.5) is 0 Å². The van der Waals surface area contributed by atoms with Gasteiger partial charge in [-0.3, -0.25) is 14.5 Å². The third kappa shape index (κ3) is 5.26. The molecule has 2 saturated heterocycles. The molecule has 10 atom stereocenters. The molecule has 0 radical (unpaired) electrons. The molecule has 0 amide bonds. The van der Waals surface area contributed by atoms with E-state index < -0.39 is 0 Å². The van der Waals surface area contributed by atoms with E-state index in [9.17, 15) is 9.59 Å². The van der Waals surface area contributed by atoms with Gasteiger partial charge in [-0.25, -0.2) is 0 Å². The smallest absolute Gasteiger partial charge is 0.308 e. The van der Waals surface area contributed by atoms with E-state index in [0.29, 0.717) is 35.8 Å². The number of ether oxygens (including phenoxy) is 2. The molecule has 0 N–H and O–H groups in total. The van der Waals surface area contributed by atoms with Crippen LogP contribution in [0.1, 0.15) is 118 Å². The van der Waals surface area contributed by atoms with Crippen molar-refractivity contribution in [1.82, 2.24) is 4.90 Å². The minimum Gasteiger partial charge on any atom is -0.460 e. The molecule has 6 rings (SSSR count). The largest absolute Gasteiger partial charge is 0.460 e. The maximum absolute atomic E-state index is 12.9. The minimum absolute atomic E-state index is 0.0180. The average Bonchev–Trinajstić information content (AvgIpc) is 3.26. The fraction of sp³-hybridized carbons (Fsp3) is 0.944. The summed E-state index contributed by atoms with van der Waals surface area (Å²) in [7, 11) is 2.47. The molecule has 4 aliphatic carbocycles. The number of likely N-dealkylation sites (N-methyl/N-ethyl adjacent to an activating group) is 1. The molecule has 42 heavy (non-hydrogen) atoms. The average molecular weight is 586 g/mol. The second-order valence-corrected chi connectivity index (χ2v) is 16.8. The first kappa shape index (κ1) is 30.9. The standard InChI is InChI=1S/C36H61N2O4/c1-24(2)34(40)42-32-21-26-13-14-27-28(36(26,5)23-30(32)37-17-9-7-10-18-37)15-16-35(4)29(27)22-31(33(35)41-25(3)39)38(6)19-11-8-12-20-38/h24,26-33H,7-23H2,1-6H3/q+1/t26-,27+,28-,29-,30-,31-,32-,33-,35-,36-/m0/s1. The second-order valence-electron chi connectivity index (χ2n) is 16.8. The van der Waals surface area contributed by atoms with Crippen LogP contribution < -0.4 is 0 Å². The first-order valence-electron chi connectivity index (χ1n) is 17.9. The lowest BCUT2D eigenvalue weighted by atomic mass is 9.44. The third-order valence-electron chi connectivity index (χ3n) is 14.1. The Kier molecular flexibility index (Phi) is 8.57. The molecule has 0 aromatic carbocycles. The van der Waals surface area contributed by atoms with Gasteiger partial charge >= 0.3 is 11.9 Å². The lowest BCUT2D eigenvalue weighted by Gasteiger charge is -2.62. The molecule has 0 spiro atoms. The quantitative estimate of drug-likeness (QED) is 0.269.